The molecule has 0 amide bonds. The minimum atomic E-state index is -0.747. The molecule has 14 heavy (non-hydrogen) atoms. The first-order valence-electron chi connectivity index (χ1n) is 3.93. The van der Waals surface area contributed by atoms with E-state index in [-0.39, 0.29) is 0 Å². The smallest absolute Gasteiger partial charge is 0.336 e. The van der Waals surface area contributed by atoms with Gasteiger partial charge in [0.05, 0.1) is 19.4 Å². The van der Waals surface area contributed by atoms with Crippen LogP contribution in [0.4, 0.5) is 0 Å². The van der Waals surface area contributed by atoms with Gasteiger partial charge in [0.15, 0.2) is 0 Å². The predicted octanol–water partition coefficient (Wildman–Crippen LogP) is 0.519. The van der Waals surface area contributed by atoms with Crippen LogP contribution in [0.3, 0.4) is 0 Å². The first-order chi connectivity index (χ1) is 6.63. The molecule has 0 aromatic carbocycles. The van der Waals surface area contributed by atoms with E-state index in [2.05, 4.69) is 4.74 Å². The highest BCUT2D eigenvalue weighted by Crippen LogP contribution is 2.13. The van der Waals surface area contributed by atoms with E-state index >= 15 is 0 Å². The number of rotatable bonds is 3. The third kappa shape index (κ3) is 2.62. The number of esters is 2. The van der Waals surface area contributed by atoms with Crippen LogP contribution in [0.2, 0.25) is 0 Å². The molecule has 5 nitrogen and oxygen atoms in total. The summed E-state index contributed by atoms with van der Waals surface area (Å²) in [5.74, 6) is -0.948. The van der Waals surface area contributed by atoms with Crippen molar-refractivity contribution >= 4 is 11.9 Å². The lowest BCUT2D eigenvalue weighted by atomic mass is 10.3. The van der Waals surface area contributed by atoms with Crippen LogP contribution in [0.25, 0.3) is 0 Å². The molecule has 0 spiro atoms. The summed E-state index contributed by atoms with van der Waals surface area (Å²) in [6, 6.07) is 0. The van der Waals surface area contributed by atoms with E-state index in [9.17, 15) is 9.59 Å². The van der Waals surface area contributed by atoms with Crippen molar-refractivity contribution in [3.63, 3.8) is 0 Å². The Morgan fingerprint density at radius 1 is 1.64 bits per heavy atom. The van der Waals surface area contributed by atoms with Gasteiger partial charge in [0.1, 0.15) is 0 Å². The molecule has 0 fully saturated rings. The Balaban J connectivity index is 2.38. The van der Waals surface area contributed by atoms with Gasteiger partial charge >= 0.3 is 11.9 Å². The second-order valence-corrected chi connectivity index (χ2v) is 2.59. The minimum absolute atomic E-state index is 0.415. The summed E-state index contributed by atoms with van der Waals surface area (Å²) < 4.78 is 14.0. The lowest BCUT2D eigenvalue weighted by Crippen LogP contribution is -2.09. The quantitative estimate of drug-likeness (QED) is 0.376. The van der Waals surface area contributed by atoms with Crippen molar-refractivity contribution in [2.24, 2.45) is 0 Å². The van der Waals surface area contributed by atoms with Crippen LogP contribution >= 0.6 is 0 Å². The molecule has 1 atom stereocenters. The number of hydrogen-bond acceptors (Lipinski definition) is 5. The molecule has 1 unspecified atom stereocenters. The van der Waals surface area contributed by atoms with Crippen LogP contribution in [0.1, 0.15) is 6.92 Å². The maximum atomic E-state index is 10.9. The van der Waals surface area contributed by atoms with Crippen molar-refractivity contribution in [3.05, 3.63) is 24.0 Å². The number of ether oxygens (including phenoxy) is 3. The molecule has 0 aromatic heterocycles. The van der Waals surface area contributed by atoms with Crippen LogP contribution in [-0.4, -0.2) is 25.3 Å². The number of carbonyl (C=O) groups is 2. The van der Waals surface area contributed by atoms with Crippen molar-refractivity contribution in [1.29, 1.82) is 0 Å². The van der Waals surface area contributed by atoms with Crippen LogP contribution in [0.5, 0.6) is 0 Å². The molecule has 1 heterocycles. The van der Waals surface area contributed by atoms with Gasteiger partial charge in [0.2, 0.25) is 0 Å². The zero-order chi connectivity index (χ0) is 10.6. The van der Waals surface area contributed by atoms with Gasteiger partial charge in [-0.15, -0.1) is 0 Å². The Kier molecular flexibility index (Phi) is 3.28. The SMILES string of the molecule is COC(=O)/C=C/OC1C=C(C)C(=O)O1. The fourth-order valence-corrected chi connectivity index (χ4v) is 0.812. The van der Waals surface area contributed by atoms with Crippen LogP contribution in [0, 0.1) is 0 Å². The molecule has 1 aliphatic heterocycles. The summed E-state index contributed by atoms with van der Waals surface area (Å²) in [4.78, 5) is 21.5. The topological polar surface area (TPSA) is 61.8 Å². The van der Waals surface area contributed by atoms with Gasteiger partial charge < -0.3 is 14.2 Å². The van der Waals surface area contributed by atoms with Gasteiger partial charge in [-0.3, -0.25) is 0 Å². The van der Waals surface area contributed by atoms with Gasteiger partial charge in [0.25, 0.3) is 6.29 Å². The molecule has 0 saturated heterocycles. The summed E-state index contributed by atoms with van der Waals surface area (Å²) in [5.41, 5.74) is 0.487. The minimum Gasteiger partial charge on any atom is -0.466 e. The molecule has 0 bridgehead atoms. The standard InChI is InChI=1S/C9H10O5/c1-6-5-8(14-9(6)11)13-4-3-7(10)12-2/h3-5,8H,1-2H3/b4-3+. The lowest BCUT2D eigenvalue weighted by Gasteiger charge is -2.05. The summed E-state index contributed by atoms with van der Waals surface area (Å²) in [6.07, 6.45) is 2.99. The summed E-state index contributed by atoms with van der Waals surface area (Å²) >= 11 is 0. The van der Waals surface area contributed by atoms with Gasteiger partial charge in [-0.25, -0.2) is 9.59 Å². The van der Waals surface area contributed by atoms with Crippen LogP contribution in [-0.2, 0) is 23.8 Å². The van der Waals surface area contributed by atoms with Crippen molar-refractivity contribution < 1.29 is 23.8 Å². The third-order valence-electron chi connectivity index (χ3n) is 1.55. The molecule has 0 aromatic rings. The normalized spacial score (nSPS) is 20.6. The average Bonchev–Trinajstić information content (AvgIpc) is 2.46. The number of cyclic esters (lactones) is 1. The van der Waals surface area contributed by atoms with E-state index in [1.54, 1.807) is 6.92 Å². The van der Waals surface area contributed by atoms with Crippen molar-refractivity contribution in [2.75, 3.05) is 7.11 Å². The monoisotopic (exact) mass is 198 g/mol. The lowest BCUT2D eigenvalue weighted by molar-refractivity contribution is -0.152. The van der Waals surface area contributed by atoms with Crippen molar-refractivity contribution in [3.8, 4) is 0 Å². The van der Waals surface area contributed by atoms with Gasteiger partial charge in [0, 0.05) is 11.6 Å². The van der Waals surface area contributed by atoms with Crippen molar-refractivity contribution in [2.45, 2.75) is 13.2 Å². The van der Waals surface area contributed by atoms with E-state index < -0.39 is 18.2 Å². The van der Waals surface area contributed by atoms with E-state index in [4.69, 9.17) is 9.47 Å². The molecular weight excluding hydrogens is 188 g/mol. The highest BCUT2D eigenvalue weighted by Gasteiger charge is 2.22. The second-order valence-electron chi connectivity index (χ2n) is 2.59. The molecule has 0 saturated carbocycles. The van der Waals surface area contributed by atoms with Gasteiger partial charge in [-0.1, -0.05) is 0 Å². The summed E-state index contributed by atoms with van der Waals surface area (Å²) in [5, 5.41) is 0. The molecular formula is C9H10O5. The van der Waals surface area contributed by atoms with E-state index in [1.807, 2.05) is 0 Å². The Bertz CT molecular complexity index is 302. The Labute approximate surface area is 80.9 Å². The Morgan fingerprint density at radius 3 is 2.86 bits per heavy atom. The maximum Gasteiger partial charge on any atom is 0.336 e. The largest absolute Gasteiger partial charge is 0.466 e. The Hall–Kier alpha value is -1.78. The summed E-state index contributed by atoms with van der Waals surface area (Å²) in [6.45, 7) is 1.62. The molecule has 0 radical (unpaired) electrons. The van der Waals surface area contributed by atoms with Crippen molar-refractivity contribution in [1.82, 2.24) is 0 Å². The molecule has 0 aliphatic carbocycles. The molecule has 0 N–H and O–H groups in total. The first-order valence-corrected chi connectivity index (χ1v) is 3.93. The fourth-order valence-electron chi connectivity index (χ4n) is 0.812. The highest BCUT2D eigenvalue weighted by molar-refractivity contribution is 5.90. The Morgan fingerprint density at radius 2 is 2.36 bits per heavy atom. The number of methoxy groups -OCH3 is 1. The van der Waals surface area contributed by atoms with Gasteiger partial charge in [-0.05, 0) is 6.92 Å². The maximum absolute atomic E-state index is 10.9. The third-order valence-corrected chi connectivity index (χ3v) is 1.55. The first kappa shape index (κ1) is 10.3. The van der Waals surface area contributed by atoms with Crippen LogP contribution in [0.15, 0.2) is 24.0 Å². The van der Waals surface area contributed by atoms with E-state index in [0.29, 0.717) is 5.57 Å². The van der Waals surface area contributed by atoms with Gasteiger partial charge in [-0.2, -0.15) is 0 Å². The average molecular weight is 198 g/mol. The number of carbonyl (C=O) groups excluding carboxylic acids is 2. The van der Waals surface area contributed by atoms with E-state index in [0.717, 1.165) is 12.3 Å². The molecule has 76 valence electrons. The van der Waals surface area contributed by atoms with Crippen LogP contribution < -0.4 is 0 Å². The predicted molar refractivity (Wildman–Crippen MR) is 45.9 cm³/mol. The molecule has 1 rings (SSSR count). The molecule has 1 aliphatic rings. The second kappa shape index (κ2) is 4.45. The highest BCUT2D eigenvalue weighted by atomic mass is 16.7. The molecule has 5 heteroatoms. The summed E-state index contributed by atoms with van der Waals surface area (Å²) in [7, 11) is 1.26. The van der Waals surface area contributed by atoms with E-state index in [1.165, 1.54) is 13.2 Å². The number of hydrogen-bond donors (Lipinski definition) is 0. The zero-order valence-electron chi connectivity index (χ0n) is 7.85. The zero-order valence-corrected chi connectivity index (χ0v) is 7.85. The fraction of sp³-hybridized carbons (Fsp3) is 0.333.